The van der Waals surface area contributed by atoms with Crippen molar-refractivity contribution in [2.75, 3.05) is 5.32 Å². The Morgan fingerprint density at radius 3 is 2.75 bits per heavy atom. The molecular formula is C20H24IN3. The third-order valence-corrected chi connectivity index (χ3v) is 5.02. The average Bonchev–Trinajstić information content (AvgIpc) is 3.12. The van der Waals surface area contributed by atoms with E-state index in [0.29, 0.717) is 17.9 Å². The molecule has 126 valence electrons. The van der Waals surface area contributed by atoms with Crippen LogP contribution >= 0.6 is 24.0 Å². The van der Waals surface area contributed by atoms with Crippen LogP contribution in [0.2, 0.25) is 0 Å². The third kappa shape index (κ3) is 3.58. The Hall–Kier alpha value is -1.56. The van der Waals surface area contributed by atoms with Gasteiger partial charge in [0.15, 0.2) is 5.96 Å². The fourth-order valence-corrected chi connectivity index (χ4v) is 3.67. The van der Waals surface area contributed by atoms with E-state index in [1.807, 2.05) is 0 Å². The van der Waals surface area contributed by atoms with Gasteiger partial charge in [-0.1, -0.05) is 30.3 Å². The Balaban J connectivity index is 0.00000169. The lowest BCUT2D eigenvalue weighted by Crippen LogP contribution is -2.23. The molecule has 2 aromatic carbocycles. The van der Waals surface area contributed by atoms with Gasteiger partial charge in [0.25, 0.3) is 0 Å². The van der Waals surface area contributed by atoms with Crippen LogP contribution in [-0.4, -0.2) is 12.0 Å². The first kappa shape index (κ1) is 17.3. The lowest BCUT2D eigenvalue weighted by Gasteiger charge is -2.08. The molecule has 4 heteroatoms. The predicted molar refractivity (Wildman–Crippen MR) is 111 cm³/mol. The lowest BCUT2D eigenvalue weighted by molar-refractivity contribution is 0.912. The number of nitrogens with one attached hydrogen (secondary N) is 1. The van der Waals surface area contributed by atoms with Crippen LogP contribution in [0.4, 0.5) is 5.69 Å². The summed E-state index contributed by atoms with van der Waals surface area (Å²) >= 11 is 0. The molecule has 2 aromatic rings. The third-order valence-electron chi connectivity index (χ3n) is 5.02. The van der Waals surface area contributed by atoms with Crippen molar-refractivity contribution in [2.45, 2.75) is 44.6 Å². The van der Waals surface area contributed by atoms with Gasteiger partial charge in [-0.2, -0.15) is 0 Å². The first-order valence-electron chi connectivity index (χ1n) is 8.48. The van der Waals surface area contributed by atoms with Crippen molar-refractivity contribution in [1.82, 2.24) is 0 Å². The maximum atomic E-state index is 6.11. The van der Waals surface area contributed by atoms with Crippen molar-refractivity contribution in [2.24, 2.45) is 10.7 Å². The van der Waals surface area contributed by atoms with Gasteiger partial charge in [-0.3, -0.25) is 0 Å². The Morgan fingerprint density at radius 2 is 1.92 bits per heavy atom. The van der Waals surface area contributed by atoms with Crippen LogP contribution in [0.1, 0.15) is 41.0 Å². The number of hydrogen-bond donors (Lipinski definition) is 2. The lowest BCUT2D eigenvalue weighted by atomic mass is 10.0. The summed E-state index contributed by atoms with van der Waals surface area (Å²) in [4.78, 5) is 4.66. The average molecular weight is 433 g/mol. The van der Waals surface area contributed by atoms with Gasteiger partial charge < -0.3 is 11.1 Å². The minimum atomic E-state index is 0. The van der Waals surface area contributed by atoms with E-state index in [1.54, 1.807) is 0 Å². The number of rotatable bonds is 3. The second kappa shape index (κ2) is 7.13. The number of fused-ring (bicyclic) bond motifs is 1. The second-order valence-corrected chi connectivity index (χ2v) is 6.74. The largest absolute Gasteiger partial charge is 0.370 e. The molecule has 2 aliphatic carbocycles. The van der Waals surface area contributed by atoms with Crippen molar-refractivity contribution < 1.29 is 0 Å². The van der Waals surface area contributed by atoms with Crippen molar-refractivity contribution in [1.29, 1.82) is 0 Å². The van der Waals surface area contributed by atoms with Crippen LogP contribution in [0.25, 0.3) is 0 Å². The van der Waals surface area contributed by atoms with Crippen LogP contribution in [0.5, 0.6) is 0 Å². The highest BCUT2D eigenvalue weighted by Crippen LogP contribution is 2.44. The highest BCUT2D eigenvalue weighted by molar-refractivity contribution is 14.0. The van der Waals surface area contributed by atoms with E-state index in [9.17, 15) is 0 Å². The van der Waals surface area contributed by atoms with Gasteiger partial charge in [-0.25, -0.2) is 4.99 Å². The number of halogens is 1. The van der Waals surface area contributed by atoms with Crippen molar-refractivity contribution in [3.63, 3.8) is 0 Å². The fourth-order valence-electron chi connectivity index (χ4n) is 3.67. The van der Waals surface area contributed by atoms with Crippen LogP contribution < -0.4 is 11.1 Å². The van der Waals surface area contributed by atoms with Crippen LogP contribution in [0.3, 0.4) is 0 Å². The van der Waals surface area contributed by atoms with E-state index < -0.39 is 0 Å². The molecule has 0 bridgehead atoms. The molecule has 3 nitrogen and oxygen atoms in total. The number of guanidine groups is 1. The molecule has 0 saturated heterocycles. The van der Waals surface area contributed by atoms with Gasteiger partial charge >= 0.3 is 0 Å². The summed E-state index contributed by atoms with van der Waals surface area (Å²) in [5.74, 6) is 1.06. The molecule has 2 atom stereocenters. The van der Waals surface area contributed by atoms with E-state index in [1.165, 1.54) is 41.5 Å². The number of nitrogens with two attached hydrogens (primary N) is 1. The zero-order valence-corrected chi connectivity index (χ0v) is 16.3. The molecule has 0 aromatic heterocycles. The van der Waals surface area contributed by atoms with E-state index in [4.69, 9.17) is 5.73 Å². The van der Waals surface area contributed by atoms with Crippen molar-refractivity contribution >= 4 is 35.6 Å². The first-order chi connectivity index (χ1) is 11.2. The summed E-state index contributed by atoms with van der Waals surface area (Å²) < 4.78 is 0. The fraction of sp³-hybridized carbons (Fsp3) is 0.350. The van der Waals surface area contributed by atoms with Gasteiger partial charge in [0.05, 0.1) is 6.04 Å². The monoisotopic (exact) mass is 433 g/mol. The Labute approximate surface area is 160 Å². The highest BCUT2D eigenvalue weighted by atomic mass is 127. The number of hydrogen-bond acceptors (Lipinski definition) is 1. The summed E-state index contributed by atoms with van der Waals surface area (Å²) in [6.07, 6.45) is 4.75. The van der Waals surface area contributed by atoms with Gasteiger partial charge in [0.1, 0.15) is 0 Å². The van der Waals surface area contributed by atoms with Crippen LogP contribution in [0.15, 0.2) is 47.5 Å². The Bertz CT molecular complexity index is 769. The molecular weight excluding hydrogens is 409 g/mol. The topological polar surface area (TPSA) is 50.4 Å². The van der Waals surface area contributed by atoms with E-state index >= 15 is 0 Å². The summed E-state index contributed by atoms with van der Waals surface area (Å²) in [6, 6.07) is 15.4. The van der Waals surface area contributed by atoms with Crippen LogP contribution in [0, 0.1) is 6.92 Å². The molecule has 0 spiro atoms. The molecule has 3 N–H and O–H groups in total. The maximum Gasteiger partial charge on any atom is 0.193 e. The minimum Gasteiger partial charge on any atom is -0.370 e. The predicted octanol–water partition coefficient (Wildman–Crippen LogP) is 4.38. The zero-order chi connectivity index (χ0) is 15.8. The maximum absolute atomic E-state index is 6.11. The Morgan fingerprint density at radius 1 is 1.12 bits per heavy atom. The van der Waals surface area contributed by atoms with Gasteiger partial charge in [0, 0.05) is 11.6 Å². The summed E-state index contributed by atoms with van der Waals surface area (Å²) in [5.41, 5.74) is 12.9. The smallest absolute Gasteiger partial charge is 0.193 e. The number of anilines is 1. The second-order valence-electron chi connectivity index (χ2n) is 6.74. The van der Waals surface area contributed by atoms with Crippen molar-refractivity contribution in [3.05, 3.63) is 64.7 Å². The first-order valence-corrected chi connectivity index (χ1v) is 8.48. The van der Waals surface area contributed by atoms with Gasteiger partial charge in [-0.05, 0) is 67.0 Å². The van der Waals surface area contributed by atoms with Crippen molar-refractivity contribution in [3.8, 4) is 0 Å². The highest BCUT2D eigenvalue weighted by Gasteiger charge is 2.39. The molecule has 1 saturated carbocycles. The number of aliphatic imine (C=N–C) groups is 1. The quantitative estimate of drug-likeness (QED) is 0.429. The summed E-state index contributed by atoms with van der Waals surface area (Å²) in [7, 11) is 0. The zero-order valence-electron chi connectivity index (χ0n) is 14.0. The standard InChI is InChI=1S/C20H23N3.HI/c1-13-5-2-3-8-17(13)18-12-19(18)23-20(21)22-16-10-9-14-6-4-7-15(14)11-16;/h2-3,5,8-11,18-19H,4,6-7,12H2,1H3,(H3,21,22,23);1H. The molecule has 4 rings (SSSR count). The van der Waals surface area contributed by atoms with Gasteiger partial charge in [-0.15, -0.1) is 24.0 Å². The molecule has 24 heavy (non-hydrogen) atoms. The molecule has 2 unspecified atom stereocenters. The number of benzene rings is 2. The summed E-state index contributed by atoms with van der Waals surface area (Å²) in [5, 5.41) is 3.26. The molecule has 1 fully saturated rings. The van der Waals surface area contributed by atoms with E-state index in [2.05, 4.69) is 59.7 Å². The molecule has 0 heterocycles. The number of nitrogens with zero attached hydrogens (tertiary/aromatic N) is 1. The molecule has 0 amide bonds. The van der Waals surface area contributed by atoms with E-state index in [-0.39, 0.29) is 24.0 Å². The summed E-state index contributed by atoms with van der Waals surface area (Å²) in [6.45, 7) is 2.17. The van der Waals surface area contributed by atoms with Crippen LogP contribution in [-0.2, 0) is 12.8 Å². The Kier molecular flexibility index (Phi) is 5.13. The number of aryl methyl sites for hydroxylation is 3. The SMILES string of the molecule is Cc1ccccc1C1CC1N=C(N)Nc1ccc2c(c1)CCC2.I. The normalized spacial score (nSPS) is 21.8. The molecule has 0 radical (unpaired) electrons. The van der Waals surface area contributed by atoms with E-state index in [0.717, 1.165) is 12.1 Å². The minimum absolute atomic E-state index is 0. The van der Waals surface area contributed by atoms with Gasteiger partial charge in [0.2, 0.25) is 0 Å². The molecule has 2 aliphatic rings. The molecule has 0 aliphatic heterocycles.